The third-order valence-electron chi connectivity index (χ3n) is 4.25. The number of benzene rings is 1. The lowest BCUT2D eigenvalue weighted by atomic mass is 10.1. The fourth-order valence-electron chi connectivity index (χ4n) is 2.85. The van der Waals surface area contributed by atoms with Crippen LogP contribution >= 0.6 is 0 Å². The molecule has 1 heterocycles. The van der Waals surface area contributed by atoms with Crippen LogP contribution in [0.2, 0.25) is 0 Å². The summed E-state index contributed by atoms with van der Waals surface area (Å²) in [6.07, 6.45) is 6.38. The molecule has 0 aromatic heterocycles. The molecule has 0 saturated carbocycles. The van der Waals surface area contributed by atoms with Crippen molar-refractivity contribution in [3.63, 3.8) is 0 Å². The molecule has 2 rings (SSSR count). The Hall–Kier alpha value is -1.55. The largest absolute Gasteiger partial charge is 0.446 e. The van der Waals surface area contributed by atoms with E-state index in [-0.39, 0.29) is 12.1 Å². The minimum atomic E-state index is -0.241. The smallest absolute Gasteiger partial charge is 0.424 e. The number of rotatable bonds is 9. The molecule has 122 valence electrons. The average Bonchev–Trinajstić information content (AvgIpc) is 2.88. The molecule has 1 saturated heterocycles. The van der Waals surface area contributed by atoms with Crippen LogP contribution in [0.4, 0.5) is 4.79 Å². The lowest BCUT2D eigenvalue weighted by Crippen LogP contribution is -2.50. The van der Waals surface area contributed by atoms with E-state index in [2.05, 4.69) is 31.4 Å². The van der Waals surface area contributed by atoms with Gasteiger partial charge in [0.2, 0.25) is 0 Å². The van der Waals surface area contributed by atoms with Crippen LogP contribution in [-0.2, 0) is 11.2 Å². The molecule has 1 aromatic carbocycles. The van der Waals surface area contributed by atoms with E-state index in [1.54, 1.807) is 5.01 Å². The van der Waals surface area contributed by atoms with E-state index in [1.165, 1.54) is 24.8 Å². The monoisotopic (exact) mass is 304 g/mol. The lowest BCUT2D eigenvalue weighted by molar-refractivity contribution is 0.127. The number of cyclic esters (lactones) is 1. The molecule has 0 unspecified atom stereocenters. The summed E-state index contributed by atoms with van der Waals surface area (Å²) in [5.74, 6) is 0. The first-order chi connectivity index (χ1) is 10.7. The Morgan fingerprint density at radius 2 is 2.05 bits per heavy atom. The number of hydrazine groups is 1. The second kappa shape index (κ2) is 8.79. The number of nitrogens with one attached hydrogen (secondary N) is 1. The number of carbonyl (C=O) groups excluding carboxylic acids is 1. The molecular formula is C18H28N2O2. The van der Waals surface area contributed by atoms with Gasteiger partial charge in [-0.15, -0.1) is 0 Å². The third-order valence-corrected chi connectivity index (χ3v) is 4.25. The Bertz CT molecular complexity index is 450. The Balaban J connectivity index is 1.92. The zero-order chi connectivity index (χ0) is 15.8. The Morgan fingerprint density at radius 1 is 1.27 bits per heavy atom. The minimum absolute atomic E-state index is 0.0788. The van der Waals surface area contributed by atoms with E-state index in [0.29, 0.717) is 12.6 Å². The van der Waals surface area contributed by atoms with Gasteiger partial charge in [0.05, 0.1) is 6.04 Å². The summed E-state index contributed by atoms with van der Waals surface area (Å²) >= 11 is 0. The molecular weight excluding hydrogens is 276 g/mol. The summed E-state index contributed by atoms with van der Waals surface area (Å²) in [6.45, 7) is 4.84. The van der Waals surface area contributed by atoms with Crippen molar-refractivity contribution >= 4 is 6.09 Å². The Kier molecular flexibility index (Phi) is 6.72. The number of hydrogen-bond donors (Lipinski definition) is 1. The predicted molar refractivity (Wildman–Crippen MR) is 88.5 cm³/mol. The van der Waals surface area contributed by atoms with E-state index >= 15 is 0 Å². The van der Waals surface area contributed by atoms with Crippen molar-refractivity contribution in [3.8, 4) is 0 Å². The first kappa shape index (κ1) is 16.8. The highest BCUT2D eigenvalue weighted by molar-refractivity contribution is 5.69. The Labute approximate surface area is 133 Å². The van der Waals surface area contributed by atoms with Crippen molar-refractivity contribution in [2.45, 2.75) is 64.5 Å². The summed E-state index contributed by atoms with van der Waals surface area (Å²) in [5.41, 5.74) is 4.64. The summed E-state index contributed by atoms with van der Waals surface area (Å²) in [4.78, 5) is 12.0. The van der Waals surface area contributed by atoms with Gasteiger partial charge >= 0.3 is 6.09 Å². The van der Waals surface area contributed by atoms with Crippen LogP contribution in [-0.4, -0.2) is 29.8 Å². The van der Waals surface area contributed by atoms with Crippen LogP contribution in [0.15, 0.2) is 30.3 Å². The zero-order valence-electron chi connectivity index (χ0n) is 13.8. The van der Waals surface area contributed by atoms with Gasteiger partial charge in [0.25, 0.3) is 0 Å². The van der Waals surface area contributed by atoms with Gasteiger partial charge in [0.1, 0.15) is 6.61 Å². The van der Waals surface area contributed by atoms with Crippen LogP contribution in [0.3, 0.4) is 0 Å². The van der Waals surface area contributed by atoms with Crippen LogP contribution < -0.4 is 5.43 Å². The van der Waals surface area contributed by atoms with Crippen molar-refractivity contribution in [3.05, 3.63) is 35.9 Å². The predicted octanol–water partition coefficient (Wildman–Crippen LogP) is 3.91. The summed E-state index contributed by atoms with van der Waals surface area (Å²) in [5, 5.41) is 1.72. The molecule has 1 fully saturated rings. The maximum absolute atomic E-state index is 12.0. The van der Waals surface area contributed by atoms with Crippen LogP contribution in [0.25, 0.3) is 0 Å². The van der Waals surface area contributed by atoms with Crippen molar-refractivity contribution < 1.29 is 9.53 Å². The van der Waals surface area contributed by atoms with E-state index in [0.717, 1.165) is 19.3 Å². The van der Waals surface area contributed by atoms with Gasteiger partial charge in [0, 0.05) is 6.04 Å². The topological polar surface area (TPSA) is 41.6 Å². The van der Waals surface area contributed by atoms with E-state index in [4.69, 9.17) is 4.74 Å². The van der Waals surface area contributed by atoms with Gasteiger partial charge < -0.3 is 4.74 Å². The molecule has 0 spiro atoms. The van der Waals surface area contributed by atoms with Gasteiger partial charge in [-0.1, -0.05) is 63.4 Å². The number of amides is 1. The highest BCUT2D eigenvalue weighted by Gasteiger charge is 2.34. The fourth-order valence-corrected chi connectivity index (χ4v) is 2.85. The molecule has 1 amide bonds. The summed E-state index contributed by atoms with van der Waals surface area (Å²) < 4.78 is 5.25. The molecule has 22 heavy (non-hydrogen) atoms. The third kappa shape index (κ3) is 4.73. The Morgan fingerprint density at radius 3 is 2.73 bits per heavy atom. The number of ether oxygens (including phenoxy) is 1. The highest BCUT2D eigenvalue weighted by atomic mass is 16.6. The number of unbranched alkanes of at least 4 members (excludes halogenated alkanes) is 2. The maximum atomic E-state index is 12.0. The van der Waals surface area contributed by atoms with Crippen molar-refractivity contribution in [1.29, 1.82) is 0 Å². The van der Waals surface area contributed by atoms with Crippen molar-refractivity contribution in [1.82, 2.24) is 10.4 Å². The standard InChI is InChI=1S/C18H28N2O2/c1-3-5-7-12-16(4-2)19-20-17(14-22-18(20)21)13-15-10-8-6-9-11-15/h6,8-11,16-17,19H,3-5,7,12-14H2,1-2H3/t16-,17+/m1/s1. The quantitative estimate of drug-likeness (QED) is 0.703. The maximum Gasteiger partial charge on any atom is 0.424 e. The minimum Gasteiger partial charge on any atom is -0.446 e. The number of carbonyl (C=O) groups is 1. The second-order valence-corrected chi connectivity index (χ2v) is 6.02. The molecule has 4 heteroatoms. The molecule has 4 nitrogen and oxygen atoms in total. The lowest BCUT2D eigenvalue weighted by Gasteiger charge is -2.27. The van der Waals surface area contributed by atoms with Crippen LogP contribution in [0.1, 0.15) is 51.5 Å². The molecule has 0 aliphatic carbocycles. The average molecular weight is 304 g/mol. The van der Waals surface area contributed by atoms with Crippen LogP contribution in [0.5, 0.6) is 0 Å². The normalized spacial score (nSPS) is 19.3. The van der Waals surface area contributed by atoms with Gasteiger partial charge in [-0.05, 0) is 24.8 Å². The fraction of sp³-hybridized carbons (Fsp3) is 0.611. The van der Waals surface area contributed by atoms with Crippen molar-refractivity contribution in [2.24, 2.45) is 0 Å². The van der Waals surface area contributed by atoms with Gasteiger partial charge in [-0.25, -0.2) is 15.2 Å². The van der Waals surface area contributed by atoms with E-state index < -0.39 is 0 Å². The van der Waals surface area contributed by atoms with E-state index in [9.17, 15) is 4.79 Å². The van der Waals surface area contributed by atoms with Gasteiger partial charge in [-0.2, -0.15) is 0 Å². The summed E-state index contributed by atoms with van der Waals surface area (Å²) in [6, 6.07) is 10.7. The second-order valence-electron chi connectivity index (χ2n) is 6.02. The first-order valence-electron chi connectivity index (χ1n) is 8.50. The van der Waals surface area contributed by atoms with Crippen molar-refractivity contribution in [2.75, 3.05) is 6.61 Å². The molecule has 1 aliphatic rings. The van der Waals surface area contributed by atoms with Gasteiger partial charge in [-0.3, -0.25) is 0 Å². The molecule has 1 aromatic rings. The molecule has 1 N–H and O–H groups in total. The molecule has 0 bridgehead atoms. The molecule has 1 aliphatic heterocycles. The summed E-state index contributed by atoms with van der Waals surface area (Å²) in [7, 11) is 0. The number of hydrogen-bond acceptors (Lipinski definition) is 3. The molecule has 2 atom stereocenters. The molecule has 0 radical (unpaired) electrons. The SMILES string of the molecule is CCCCC[C@@H](CC)NN1C(=O)OC[C@@H]1Cc1ccccc1. The van der Waals surface area contributed by atoms with Gasteiger partial charge in [0.15, 0.2) is 0 Å². The zero-order valence-corrected chi connectivity index (χ0v) is 13.8. The van der Waals surface area contributed by atoms with E-state index in [1.807, 2.05) is 18.2 Å². The first-order valence-corrected chi connectivity index (χ1v) is 8.50. The highest BCUT2D eigenvalue weighted by Crippen LogP contribution is 2.17. The number of nitrogens with zero attached hydrogens (tertiary/aromatic N) is 1. The van der Waals surface area contributed by atoms with Crippen LogP contribution in [0, 0.1) is 0 Å².